The Morgan fingerprint density at radius 3 is 2.71 bits per heavy atom. The summed E-state index contributed by atoms with van der Waals surface area (Å²) in [5.74, 6) is -0.691. The number of benzene rings is 2. The van der Waals surface area contributed by atoms with E-state index >= 15 is 0 Å². The van der Waals surface area contributed by atoms with Crippen molar-refractivity contribution in [3.63, 3.8) is 0 Å². The van der Waals surface area contributed by atoms with E-state index in [1.807, 2.05) is 25.4 Å². The summed E-state index contributed by atoms with van der Waals surface area (Å²) >= 11 is 0. The van der Waals surface area contributed by atoms with Gasteiger partial charge in [-0.05, 0) is 61.8 Å². The number of rotatable bonds is 6. The molecular weight excluding hydrogens is 430 g/mol. The first kappa shape index (κ1) is 21.9. The van der Waals surface area contributed by atoms with Crippen molar-refractivity contribution in [2.75, 3.05) is 30.8 Å². The molecule has 0 atom stereocenters. The van der Waals surface area contributed by atoms with Crippen LogP contribution in [0.1, 0.15) is 39.9 Å². The Morgan fingerprint density at radius 1 is 1.15 bits per heavy atom. The molecule has 1 fully saturated rings. The van der Waals surface area contributed by atoms with Crippen LogP contribution in [-0.4, -0.2) is 46.8 Å². The van der Waals surface area contributed by atoms with Crippen LogP contribution in [0, 0.1) is 0 Å². The van der Waals surface area contributed by atoms with Crippen molar-refractivity contribution >= 4 is 34.5 Å². The highest BCUT2D eigenvalue weighted by Gasteiger charge is 2.30. The van der Waals surface area contributed by atoms with Crippen molar-refractivity contribution in [3.8, 4) is 0 Å². The molecule has 1 aromatic heterocycles. The summed E-state index contributed by atoms with van der Waals surface area (Å²) in [6.07, 6.45) is 6.08. The Balaban J connectivity index is 1.57. The number of nitrogens with one attached hydrogen (secondary N) is 2. The molecule has 3 aromatic rings. The SMILES string of the molecule is COC(=O)c1ccc2c(c1)/C(=C(/Nc1cccc(CN3CCCC3)c1)c1cnn(C)c1)C(=O)N2. The lowest BCUT2D eigenvalue weighted by Gasteiger charge is -2.17. The third-order valence-electron chi connectivity index (χ3n) is 6.23. The maximum Gasteiger partial charge on any atom is 0.337 e. The second kappa shape index (κ2) is 9.15. The fourth-order valence-corrected chi connectivity index (χ4v) is 4.58. The van der Waals surface area contributed by atoms with Gasteiger partial charge in [-0.15, -0.1) is 0 Å². The minimum Gasteiger partial charge on any atom is -0.465 e. The average Bonchev–Trinajstić information content (AvgIpc) is 3.57. The monoisotopic (exact) mass is 457 g/mol. The van der Waals surface area contributed by atoms with E-state index in [1.165, 1.54) is 25.5 Å². The van der Waals surface area contributed by atoms with E-state index in [9.17, 15) is 9.59 Å². The Labute approximate surface area is 198 Å². The number of carbonyl (C=O) groups is 2. The van der Waals surface area contributed by atoms with Crippen LogP contribution in [0.25, 0.3) is 11.3 Å². The Bertz CT molecular complexity index is 1290. The number of anilines is 2. The normalized spacial score (nSPS) is 16.8. The molecule has 1 saturated heterocycles. The number of amides is 1. The fraction of sp³-hybridized carbons (Fsp3) is 0.269. The zero-order valence-electron chi connectivity index (χ0n) is 19.3. The van der Waals surface area contributed by atoms with Crippen LogP contribution in [-0.2, 0) is 23.1 Å². The van der Waals surface area contributed by atoms with Crippen LogP contribution in [0.2, 0.25) is 0 Å². The average molecular weight is 458 g/mol. The van der Waals surface area contributed by atoms with Gasteiger partial charge in [0.1, 0.15) is 0 Å². The molecule has 3 heterocycles. The van der Waals surface area contributed by atoms with Gasteiger partial charge in [-0.25, -0.2) is 4.79 Å². The molecule has 174 valence electrons. The minimum absolute atomic E-state index is 0.239. The molecule has 0 aliphatic carbocycles. The molecule has 0 saturated carbocycles. The largest absolute Gasteiger partial charge is 0.465 e. The van der Waals surface area contributed by atoms with Crippen LogP contribution >= 0.6 is 0 Å². The molecule has 0 radical (unpaired) electrons. The number of esters is 1. The molecule has 8 heteroatoms. The van der Waals surface area contributed by atoms with Crippen LogP contribution in [0.15, 0.2) is 54.9 Å². The molecule has 0 bridgehead atoms. The van der Waals surface area contributed by atoms with Gasteiger partial charge < -0.3 is 15.4 Å². The molecule has 2 aliphatic heterocycles. The van der Waals surface area contributed by atoms with Crippen molar-refractivity contribution in [2.45, 2.75) is 19.4 Å². The predicted octanol–water partition coefficient (Wildman–Crippen LogP) is 3.74. The molecule has 0 unspecified atom stereocenters. The smallest absolute Gasteiger partial charge is 0.337 e. The Morgan fingerprint density at radius 2 is 1.97 bits per heavy atom. The van der Waals surface area contributed by atoms with Crippen LogP contribution in [0.5, 0.6) is 0 Å². The van der Waals surface area contributed by atoms with Gasteiger partial charge in [-0.3, -0.25) is 14.4 Å². The number of aromatic nitrogens is 2. The second-order valence-electron chi connectivity index (χ2n) is 8.67. The number of nitrogens with zero attached hydrogens (tertiary/aromatic N) is 3. The van der Waals surface area contributed by atoms with Crippen molar-refractivity contribution in [3.05, 3.63) is 77.1 Å². The van der Waals surface area contributed by atoms with E-state index in [4.69, 9.17) is 4.74 Å². The highest BCUT2D eigenvalue weighted by atomic mass is 16.5. The number of carbonyl (C=O) groups excluding carboxylic acids is 2. The van der Waals surface area contributed by atoms with Gasteiger partial charge >= 0.3 is 5.97 Å². The maximum absolute atomic E-state index is 13.1. The lowest BCUT2D eigenvalue weighted by molar-refractivity contribution is -0.110. The third-order valence-corrected chi connectivity index (χ3v) is 6.23. The van der Waals surface area contributed by atoms with Gasteiger partial charge in [0.25, 0.3) is 5.91 Å². The lowest BCUT2D eigenvalue weighted by atomic mass is 9.99. The van der Waals surface area contributed by atoms with Crippen LogP contribution in [0.4, 0.5) is 11.4 Å². The van der Waals surface area contributed by atoms with E-state index in [0.29, 0.717) is 28.1 Å². The standard InChI is InChI=1S/C26H27N5O3/c1-30-16-19(14-27-30)24(28-20-7-5-6-17(12-20)15-31-10-3-4-11-31)23-21-13-18(26(33)34-2)8-9-22(21)29-25(23)32/h5-9,12-14,16,28H,3-4,10-11,15H2,1-2H3,(H,29,32)/b24-23-. The first-order chi connectivity index (χ1) is 16.5. The van der Waals surface area contributed by atoms with E-state index in [1.54, 1.807) is 29.1 Å². The molecule has 34 heavy (non-hydrogen) atoms. The van der Waals surface area contributed by atoms with Gasteiger partial charge in [0.15, 0.2) is 0 Å². The molecule has 1 amide bonds. The summed E-state index contributed by atoms with van der Waals surface area (Å²) in [4.78, 5) is 27.7. The van der Waals surface area contributed by atoms with E-state index in [2.05, 4.69) is 32.8 Å². The molecule has 0 spiro atoms. The highest BCUT2D eigenvalue weighted by Crippen LogP contribution is 2.38. The van der Waals surface area contributed by atoms with Gasteiger partial charge in [-0.2, -0.15) is 5.10 Å². The van der Waals surface area contributed by atoms with Gasteiger partial charge in [-0.1, -0.05) is 12.1 Å². The molecule has 2 N–H and O–H groups in total. The zero-order valence-corrected chi connectivity index (χ0v) is 19.3. The summed E-state index contributed by atoms with van der Waals surface area (Å²) in [6.45, 7) is 3.16. The van der Waals surface area contributed by atoms with Gasteiger partial charge in [0, 0.05) is 42.3 Å². The number of aryl methyl sites for hydroxylation is 1. The van der Waals surface area contributed by atoms with Crippen molar-refractivity contribution in [1.29, 1.82) is 0 Å². The van der Waals surface area contributed by atoms with E-state index in [-0.39, 0.29) is 5.91 Å². The van der Waals surface area contributed by atoms with Crippen LogP contribution < -0.4 is 10.6 Å². The molecule has 2 aliphatic rings. The lowest BCUT2D eigenvalue weighted by Crippen LogP contribution is -2.18. The Kier molecular flexibility index (Phi) is 5.90. The molecule has 5 rings (SSSR count). The summed E-state index contributed by atoms with van der Waals surface area (Å²) in [5.41, 5.74) is 5.64. The first-order valence-corrected chi connectivity index (χ1v) is 11.4. The molecule has 2 aromatic carbocycles. The number of hydrogen-bond acceptors (Lipinski definition) is 6. The minimum atomic E-state index is -0.452. The predicted molar refractivity (Wildman–Crippen MR) is 131 cm³/mol. The quantitative estimate of drug-likeness (QED) is 0.433. The Hall–Kier alpha value is -3.91. The van der Waals surface area contributed by atoms with Crippen molar-refractivity contribution in [1.82, 2.24) is 14.7 Å². The molecule has 8 nitrogen and oxygen atoms in total. The topological polar surface area (TPSA) is 88.5 Å². The number of hydrogen-bond donors (Lipinski definition) is 2. The summed E-state index contributed by atoms with van der Waals surface area (Å²) in [5, 5.41) is 10.7. The third kappa shape index (κ3) is 4.32. The number of methoxy groups -OCH3 is 1. The summed E-state index contributed by atoms with van der Waals surface area (Å²) in [7, 11) is 3.17. The first-order valence-electron chi connectivity index (χ1n) is 11.4. The van der Waals surface area contributed by atoms with E-state index < -0.39 is 5.97 Å². The molecular formula is C26H27N5O3. The van der Waals surface area contributed by atoms with Crippen LogP contribution in [0.3, 0.4) is 0 Å². The van der Waals surface area contributed by atoms with E-state index in [0.717, 1.165) is 30.9 Å². The maximum atomic E-state index is 13.1. The number of fused-ring (bicyclic) bond motifs is 1. The van der Waals surface area contributed by atoms with Gasteiger partial charge in [0.05, 0.1) is 30.1 Å². The summed E-state index contributed by atoms with van der Waals surface area (Å²) in [6, 6.07) is 13.3. The fourth-order valence-electron chi connectivity index (χ4n) is 4.58. The zero-order chi connectivity index (χ0) is 23.7. The summed E-state index contributed by atoms with van der Waals surface area (Å²) < 4.78 is 6.57. The number of ether oxygens (including phenoxy) is 1. The van der Waals surface area contributed by atoms with Gasteiger partial charge in [0.2, 0.25) is 0 Å². The number of likely N-dealkylation sites (tertiary alicyclic amines) is 1. The second-order valence-corrected chi connectivity index (χ2v) is 8.67. The van der Waals surface area contributed by atoms with Crippen molar-refractivity contribution in [2.24, 2.45) is 7.05 Å². The van der Waals surface area contributed by atoms with Crippen molar-refractivity contribution < 1.29 is 14.3 Å². The highest BCUT2D eigenvalue weighted by molar-refractivity contribution is 6.37.